The number of aryl methyl sites for hydroxylation is 1. The van der Waals surface area contributed by atoms with Crippen molar-refractivity contribution in [2.24, 2.45) is 12.0 Å². The van der Waals surface area contributed by atoms with Gasteiger partial charge in [-0.3, -0.25) is 19.6 Å². The van der Waals surface area contributed by atoms with Gasteiger partial charge in [0.05, 0.1) is 28.3 Å². The molecule has 3 heterocycles. The van der Waals surface area contributed by atoms with Crippen molar-refractivity contribution < 1.29 is 14.3 Å². The molecule has 0 unspecified atom stereocenters. The first-order valence-corrected chi connectivity index (χ1v) is 12.4. The number of aromatic nitrogens is 2. The van der Waals surface area contributed by atoms with E-state index in [4.69, 9.17) is 26.1 Å². The minimum atomic E-state index is 0.107. The van der Waals surface area contributed by atoms with Gasteiger partial charge in [0, 0.05) is 30.6 Å². The Bertz CT molecular complexity index is 1490. The molecule has 0 spiro atoms. The molecule has 2 aromatic rings. The number of anilines is 2. The van der Waals surface area contributed by atoms with Gasteiger partial charge in [0.25, 0.3) is 0 Å². The van der Waals surface area contributed by atoms with Gasteiger partial charge in [-0.25, -0.2) is 0 Å². The van der Waals surface area contributed by atoms with Crippen LogP contribution in [0.2, 0.25) is 5.02 Å². The van der Waals surface area contributed by atoms with Crippen molar-refractivity contribution in [2.75, 3.05) is 25.1 Å². The summed E-state index contributed by atoms with van der Waals surface area (Å²) in [6, 6.07) is 18.0. The Kier molecular flexibility index (Phi) is 5.81. The maximum Gasteiger partial charge on any atom is 0.220 e. The second-order valence-corrected chi connectivity index (χ2v) is 9.42. The Hall–Kier alpha value is -3.91. The van der Waals surface area contributed by atoms with Crippen LogP contribution in [0.5, 0.6) is 11.5 Å². The van der Waals surface area contributed by atoms with Crippen molar-refractivity contribution in [1.29, 1.82) is 0 Å². The van der Waals surface area contributed by atoms with Gasteiger partial charge in [-0.2, -0.15) is 0 Å². The predicted octanol–water partition coefficient (Wildman–Crippen LogP) is 4.47. The lowest BCUT2D eigenvalue weighted by atomic mass is 10.0. The number of carbonyl (C=O) groups is 1. The third-order valence-electron chi connectivity index (χ3n) is 6.58. The molecule has 184 valence electrons. The molecule has 0 radical (unpaired) electrons. The molecule has 0 saturated carbocycles. The summed E-state index contributed by atoms with van der Waals surface area (Å²) in [5.74, 6) is 2.42. The summed E-state index contributed by atoms with van der Waals surface area (Å²) in [6.07, 6.45) is 1.42. The lowest BCUT2D eigenvalue weighted by Gasteiger charge is -2.19. The van der Waals surface area contributed by atoms with Gasteiger partial charge in [-0.1, -0.05) is 29.8 Å². The molecule has 4 aliphatic rings. The van der Waals surface area contributed by atoms with Crippen molar-refractivity contribution in [3.8, 4) is 33.9 Å². The Labute approximate surface area is 213 Å². The first-order chi connectivity index (χ1) is 17.5. The quantitative estimate of drug-likeness (QED) is 0.374. The van der Waals surface area contributed by atoms with Crippen LogP contribution in [0.3, 0.4) is 0 Å². The van der Waals surface area contributed by atoms with Crippen LogP contribution in [-0.4, -0.2) is 41.5 Å². The zero-order valence-electron chi connectivity index (χ0n) is 19.8. The van der Waals surface area contributed by atoms with Gasteiger partial charge in [0.15, 0.2) is 11.5 Å². The summed E-state index contributed by atoms with van der Waals surface area (Å²) in [5.41, 5.74) is 4.68. The van der Waals surface area contributed by atoms with Crippen molar-refractivity contribution in [3.05, 3.63) is 65.0 Å². The Balaban J connectivity index is 1.27. The normalized spacial score (nSPS) is 17.4. The number of halogens is 1. The summed E-state index contributed by atoms with van der Waals surface area (Å²) in [6.45, 7) is 1.68. The van der Waals surface area contributed by atoms with E-state index in [1.54, 1.807) is 0 Å². The van der Waals surface area contributed by atoms with Crippen molar-refractivity contribution in [2.45, 2.75) is 18.9 Å². The molecule has 1 atom stereocenters. The molecule has 8 nitrogen and oxygen atoms in total. The third kappa shape index (κ3) is 4.28. The fourth-order valence-corrected chi connectivity index (χ4v) is 5.00. The average molecular weight is 504 g/mol. The number of nitrogens with one attached hydrogen (secondary N) is 3. The lowest BCUT2D eigenvalue weighted by Crippen LogP contribution is -2.28. The van der Waals surface area contributed by atoms with Crippen molar-refractivity contribution in [3.63, 3.8) is 0 Å². The van der Waals surface area contributed by atoms with E-state index in [1.165, 1.54) is 0 Å². The number of amides is 1. The number of benzene rings is 3. The molecule has 1 amide bonds. The zero-order valence-corrected chi connectivity index (χ0v) is 20.6. The third-order valence-corrected chi connectivity index (χ3v) is 6.99. The summed E-state index contributed by atoms with van der Waals surface area (Å²) >= 11 is 6.87. The maximum atomic E-state index is 11.4. The van der Waals surface area contributed by atoms with Gasteiger partial charge >= 0.3 is 0 Å². The number of rotatable bonds is 5. The van der Waals surface area contributed by atoms with E-state index in [0.717, 1.165) is 57.2 Å². The molecule has 9 heteroatoms. The van der Waals surface area contributed by atoms with Crippen LogP contribution in [0, 0.1) is 0 Å². The van der Waals surface area contributed by atoms with Gasteiger partial charge in [0.1, 0.15) is 19.0 Å². The minimum Gasteiger partial charge on any atom is -0.486 e. The Morgan fingerprint density at radius 3 is 2.78 bits per heavy atom. The summed E-state index contributed by atoms with van der Waals surface area (Å²) in [4.78, 5) is 16.1. The van der Waals surface area contributed by atoms with Gasteiger partial charge < -0.3 is 20.1 Å². The van der Waals surface area contributed by atoms with Crippen LogP contribution < -0.4 is 25.5 Å². The van der Waals surface area contributed by atoms with Crippen LogP contribution in [0.1, 0.15) is 12.8 Å². The maximum absolute atomic E-state index is 11.4. The number of hydrogen-bond acceptors (Lipinski definition) is 5. The molecule has 36 heavy (non-hydrogen) atoms. The van der Waals surface area contributed by atoms with E-state index in [-0.39, 0.29) is 11.9 Å². The molecule has 3 aliphatic heterocycles. The molecule has 1 fully saturated rings. The molecule has 1 aliphatic carbocycles. The van der Waals surface area contributed by atoms with E-state index in [2.05, 4.69) is 15.7 Å². The SMILES string of the molecule is Cn1[nH]c(Nc2cccc(-c3ccc4c(c3)OCCO4)c2Cl)c2ccc(=NC[C@@H]3CCC(=O)N3)cc1-2. The molecule has 6 rings (SSSR count). The first kappa shape index (κ1) is 22.5. The highest BCUT2D eigenvalue weighted by Crippen LogP contribution is 2.40. The number of fused-ring (bicyclic) bond motifs is 2. The molecule has 1 saturated heterocycles. The van der Waals surface area contributed by atoms with Gasteiger partial charge in [0.2, 0.25) is 5.91 Å². The number of H-pyrrole nitrogens is 1. The molecular formula is C27H26ClN5O3. The monoisotopic (exact) mass is 503 g/mol. The van der Waals surface area contributed by atoms with Gasteiger partial charge in [-0.15, -0.1) is 0 Å². The van der Waals surface area contributed by atoms with E-state index >= 15 is 0 Å². The number of ether oxygens (including phenoxy) is 2. The highest BCUT2D eigenvalue weighted by molar-refractivity contribution is 6.36. The van der Waals surface area contributed by atoms with E-state index in [0.29, 0.717) is 31.2 Å². The highest BCUT2D eigenvalue weighted by atomic mass is 35.5. The first-order valence-electron chi connectivity index (χ1n) is 12.0. The second kappa shape index (κ2) is 9.28. The van der Waals surface area contributed by atoms with Crippen LogP contribution in [0.25, 0.3) is 22.4 Å². The van der Waals surface area contributed by atoms with Crippen molar-refractivity contribution in [1.82, 2.24) is 15.1 Å². The van der Waals surface area contributed by atoms with E-state index < -0.39 is 0 Å². The smallest absolute Gasteiger partial charge is 0.220 e. The molecule has 2 aromatic carbocycles. The van der Waals surface area contributed by atoms with Crippen molar-refractivity contribution >= 4 is 29.0 Å². The standard InChI is InChI=1S/C27H26ClN5O3/c1-33-22-14-17(29-15-18-7-10-25(34)30-18)6-8-20(22)27(32-33)31-21-4-2-3-19(26(21)28)16-5-9-23-24(13-16)36-12-11-35-23/h2-6,8-9,13-14,18,31-32H,7,10-12,15H2,1H3,(H,30,34)/t18-/m0/s1. The topological polar surface area (TPSA) is 92.7 Å². The van der Waals surface area contributed by atoms with Crippen LogP contribution in [0.15, 0.2) is 59.6 Å². The Morgan fingerprint density at radius 1 is 1.08 bits per heavy atom. The molecule has 3 N–H and O–H groups in total. The lowest BCUT2D eigenvalue weighted by molar-refractivity contribution is -0.119. The molecule has 0 aromatic heterocycles. The predicted molar refractivity (Wildman–Crippen MR) is 139 cm³/mol. The largest absolute Gasteiger partial charge is 0.486 e. The average Bonchev–Trinajstić information content (AvgIpc) is 3.45. The van der Waals surface area contributed by atoms with Crippen LogP contribution in [0.4, 0.5) is 11.5 Å². The van der Waals surface area contributed by atoms with E-state index in [1.807, 2.05) is 66.3 Å². The number of hydrogen-bond donors (Lipinski definition) is 3. The summed E-state index contributed by atoms with van der Waals surface area (Å²) < 4.78 is 13.3. The highest BCUT2D eigenvalue weighted by Gasteiger charge is 2.20. The second-order valence-electron chi connectivity index (χ2n) is 9.04. The fraction of sp³-hybridized carbons (Fsp3) is 0.259. The molecule has 0 bridgehead atoms. The number of carbonyl (C=O) groups excluding carboxylic acids is 1. The number of nitrogens with zero attached hydrogens (tertiary/aromatic N) is 2. The summed E-state index contributed by atoms with van der Waals surface area (Å²) in [7, 11) is 1.96. The fourth-order valence-electron chi connectivity index (χ4n) is 4.72. The Morgan fingerprint density at radius 2 is 1.94 bits per heavy atom. The van der Waals surface area contributed by atoms with Crippen LogP contribution in [-0.2, 0) is 11.8 Å². The van der Waals surface area contributed by atoms with E-state index in [9.17, 15) is 4.79 Å². The zero-order chi connectivity index (χ0) is 24.6. The minimum absolute atomic E-state index is 0.107. The number of aromatic amines is 1. The van der Waals surface area contributed by atoms with Gasteiger partial charge in [-0.05, 0) is 48.4 Å². The molecular weight excluding hydrogens is 478 g/mol. The summed E-state index contributed by atoms with van der Waals surface area (Å²) in [5, 5.41) is 11.3. The van der Waals surface area contributed by atoms with Crippen LogP contribution >= 0.6 is 11.6 Å².